The molecule has 3 aliphatic carbocycles. The minimum atomic E-state index is -3.29. The molecule has 1 heterocycles. The lowest BCUT2D eigenvalue weighted by Crippen LogP contribution is -2.19. The fourth-order valence-corrected chi connectivity index (χ4v) is 7.03. The molecule has 1 aromatic heterocycles. The Morgan fingerprint density at radius 1 is 1.09 bits per heavy atom. The van der Waals surface area contributed by atoms with E-state index in [0.29, 0.717) is 24.2 Å². The van der Waals surface area contributed by atoms with E-state index >= 15 is 0 Å². The molecule has 0 unspecified atom stereocenters. The van der Waals surface area contributed by atoms with Crippen LogP contribution in [0.2, 0.25) is 0 Å². The van der Waals surface area contributed by atoms with Gasteiger partial charge in [0, 0.05) is 37.1 Å². The van der Waals surface area contributed by atoms with Gasteiger partial charge in [0.15, 0.2) is 9.84 Å². The summed E-state index contributed by atoms with van der Waals surface area (Å²) in [5.41, 5.74) is 3.58. The van der Waals surface area contributed by atoms with Gasteiger partial charge in [-0.25, -0.2) is 8.42 Å². The normalized spacial score (nSPS) is 21.2. The first kappa shape index (κ1) is 25.1. The number of nitrogens with zero attached hydrogens (tertiary/aromatic N) is 1. The highest BCUT2D eigenvalue weighted by molar-refractivity contribution is 7.92. The summed E-state index contributed by atoms with van der Waals surface area (Å²) < 4.78 is 26.1. The number of aryl methyl sites for hydroxylation is 1. The summed E-state index contributed by atoms with van der Waals surface area (Å²) in [6.07, 6.45) is 8.10. The SMILES string of the molecule is Cc1ccc(CC(=O)[C@H](C[C@H]2CCC(=O)C2)c2ccc(S(=O)(=O)C3CC3)c(C3CC3)c2)nc1.Cl. The van der Waals surface area contributed by atoms with Gasteiger partial charge in [0.25, 0.3) is 0 Å². The monoisotopic (exact) mass is 501 g/mol. The predicted octanol–water partition coefficient (Wildman–Crippen LogP) is 5.28. The Bertz CT molecular complexity index is 1180. The average molecular weight is 502 g/mol. The molecule has 0 radical (unpaired) electrons. The third-order valence-corrected chi connectivity index (χ3v) is 9.69. The van der Waals surface area contributed by atoms with Crippen LogP contribution in [0, 0.1) is 12.8 Å². The van der Waals surface area contributed by atoms with Gasteiger partial charge in [-0.2, -0.15) is 0 Å². The van der Waals surface area contributed by atoms with E-state index in [1.54, 1.807) is 12.3 Å². The van der Waals surface area contributed by atoms with E-state index in [-0.39, 0.29) is 53.4 Å². The van der Waals surface area contributed by atoms with Crippen LogP contribution in [-0.2, 0) is 25.8 Å². The van der Waals surface area contributed by atoms with E-state index in [1.165, 1.54) is 0 Å². The van der Waals surface area contributed by atoms with Crippen molar-refractivity contribution >= 4 is 33.8 Å². The molecule has 3 fully saturated rings. The van der Waals surface area contributed by atoms with E-state index < -0.39 is 9.84 Å². The maximum atomic E-state index is 13.5. The third kappa shape index (κ3) is 5.44. The van der Waals surface area contributed by atoms with Gasteiger partial charge in [-0.3, -0.25) is 14.6 Å². The molecule has 0 bridgehead atoms. The number of Topliss-reactive ketones (excluding diaryl/α,β-unsaturated/α-hetero) is 2. The van der Waals surface area contributed by atoms with Crippen molar-refractivity contribution in [3.8, 4) is 0 Å². The minimum absolute atomic E-state index is 0. The summed E-state index contributed by atoms with van der Waals surface area (Å²) in [7, 11) is -3.29. The molecular formula is C27H32ClNO4S. The average Bonchev–Trinajstić information content (AvgIpc) is 3.70. The van der Waals surface area contributed by atoms with E-state index in [2.05, 4.69) is 4.98 Å². The largest absolute Gasteiger partial charge is 0.300 e. The molecule has 0 saturated heterocycles. The standard InChI is InChI=1S/C27H31NO4S.ClH/c1-17-2-7-21(28-16-17)15-26(30)24(13-18-3-8-22(29)12-18)20-6-11-27(25(14-20)19-4-5-19)33(31,32)23-9-10-23;/h2,6-7,11,14,16,18-19,23-24H,3-5,8-10,12-13,15H2,1H3;1H/t18-,24+;/m0./s1. The highest BCUT2D eigenvalue weighted by atomic mass is 35.5. The van der Waals surface area contributed by atoms with Gasteiger partial charge in [0.2, 0.25) is 0 Å². The van der Waals surface area contributed by atoms with Crippen molar-refractivity contribution in [2.45, 2.75) is 86.7 Å². The van der Waals surface area contributed by atoms with Gasteiger partial charge in [0.1, 0.15) is 11.6 Å². The molecule has 0 amide bonds. The number of rotatable bonds is 9. The second-order valence-corrected chi connectivity index (χ2v) is 12.4. The molecule has 34 heavy (non-hydrogen) atoms. The number of hydrogen-bond donors (Lipinski definition) is 0. The number of hydrogen-bond acceptors (Lipinski definition) is 5. The van der Waals surface area contributed by atoms with Crippen molar-refractivity contribution in [3.05, 3.63) is 58.9 Å². The Labute approximate surface area is 208 Å². The van der Waals surface area contributed by atoms with E-state index in [9.17, 15) is 18.0 Å². The number of carbonyl (C=O) groups excluding carboxylic acids is 2. The topological polar surface area (TPSA) is 81.2 Å². The molecule has 2 atom stereocenters. The van der Waals surface area contributed by atoms with Crippen molar-refractivity contribution in [2.75, 3.05) is 0 Å². The smallest absolute Gasteiger partial charge is 0.181 e. The molecule has 5 nitrogen and oxygen atoms in total. The number of pyridine rings is 1. The van der Waals surface area contributed by atoms with E-state index in [1.807, 2.05) is 31.2 Å². The second kappa shape index (κ2) is 9.90. The zero-order chi connectivity index (χ0) is 23.2. The van der Waals surface area contributed by atoms with Crippen molar-refractivity contribution in [2.24, 2.45) is 5.92 Å². The van der Waals surface area contributed by atoms with Gasteiger partial charge < -0.3 is 0 Å². The Morgan fingerprint density at radius 3 is 2.44 bits per heavy atom. The van der Waals surface area contributed by atoms with Gasteiger partial charge in [-0.15, -0.1) is 12.4 Å². The quantitative estimate of drug-likeness (QED) is 0.467. The molecule has 182 valence electrons. The Balaban J connectivity index is 0.00000274. The lowest BCUT2D eigenvalue weighted by Gasteiger charge is -2.21. The van der Waals surface area contributed by atoms with Crippen LogP contribution in [0.5, 0.6) is 0 Å². The van der Waals surface area contributed by atoms with Crippen molar-refractivity contribution < 1.29 is 18.0 Å². The lowest BCUT2D eigenvalue weighted by molar-refractivity contribution is -0.121. The number of ketones is 2. The first-order valence-electron chi connectivity index (χ1n) is 12.1. The third-order valence-electron chi connectivity index (χ3n) is 7.36. The van der Waals surface area contributed by atoms with Crippen LogP contribution in [-0.4, -0.2) is 30.2 Å². The van der Waals surface area contributed by atoms with Crippen LogP contribution in [0.4, 0.5) is 0 Å². The molecule has 2 aromatic rings. The highest BCUT2D eigenvalue weighted by Gasteiger charge is 2.41. The van der Waals surface area contributed by atoms with Crippen molar-refractivity contribution in [1.82, 2.24) is 4.98 Å². The van der Waals surface area contributed by atoms with Gasteiger partial charge in [-0.05, 0) is 86.1 Å². The molecule has 0 aliphatic heterocycles. The summed E-state index contributed by atoms with van der Waals surface area (Å²) >= 11 is 0. The number of halogens is 1. The fourth-order valence-electron chi connectivity index (χ4n) is 5.10. The first-order valence-corrected chi connectivity index (χ1v) is 13.7. The van der Waals surface area contributed by atoms with Crippen molar-refractivity contribution in [1.29, 1.82) is 0 Å². The zero-order valence-electron chi connectivity index (χ0n) is 19.5. The van der Waals surface area contributed by atoms with Gasteiger partial charge in [-0.1, -0.05) is 18.2 Å². The molecular weight excluding hydrogens is 470 g/mol. The fraction of sp³-hybridized carbons (Fsp3) is 0.519. The van der Waals surface area contributed by atoms with Gasteiger partial charge in [0.05, 0.1) is 10.1 Å². The molecule has 5 rings (SSSR count). The number of aromatic nitrogens is 1. The van der Waals surface area contributed by atoms with E-state index in [4.69, 9.17) is 0 Å². The summed E-state index contributed by atoms with van der Waals surface area (Å²) in [5, 5.41) is -0.240. The van der Waals surface area contributed by atoms with Crippen LogP contribution in [0.15, 0.2) is 41.4 Å². The number of sulfone groups is 1. The number of benzene rings is 1. The second-order valence-electron chi connectivity index (χ2n) is 10.2. The van der Waals surface area contributed by atoms with Crippen LogP contribution in [0.1, 0.15) is 85.6 Å². The Kier molecular flexibility index (Phi) is 7.30. The minimum Gasteiger partial charge on any atom is -0.300 e. The maximum absolute atomic E-state index is 13.5. The molecule has 7 heteroatoms. The zero-order valence-corrected chi connectivity index (χ0v) is 21.2. The number of carbonyl (C=O) groups is 2. The molecule has 1 aromatic carbocycles. The molecule has 3 saturated carbocycles. The highest BCUT2D eigenvalue weighted by Crippen LogP contribution is 2.47. The summed E-state index contributed by atoms with van der Waals surface area (Å²) in [6, 6.07) is 9.45. The van der Waals surface area contributed by atoms with Crippen LogP contribution in [0.3, 0.4) is 0 Å². The Hall–Kier alpha value is -2.05. The molecule has 0 N–H and O–H groups in total. The van der Waals surface area contributed by atoms with Crippen LogP contribution in [0.25, 0.3) is 0 Å². The predicted molar refractivity (Wildman–Crippen MR) is 133 cm³/mol. The lowest BCUT2D eigenvalue weighted by atomic mass is 9.83. The van der Waals surface area contributed by atoms with Gasteiger partial charge >= 0.3 is 0 Å². The molecule has 3 aliphatic rings. The Morgan fingerprint density at radius 2 is 1.85 bits per heavy atom. The van der Waals surface area contributed by atoms with Crippen molar-refractivity contribution in [3.63, 3.8) is 0 Å². The van der Waals surface area contributed by atoms with E-state index in [0.717, 1.165) is 54.5 Å². The maximum Gasteiger partial charge on any atom is 0.181 e. The van der Waals surface area contributed by atoms with Crippen LogP contribution < -0.4 is 0 Å². The van der Waals surface area contributed by atoms with Crippen LogP contribution >= 0.6 is 12.4 Å². The summed E-state index contributed by atoms with van der Waals surface area (Å²) in [6.45, 7) is 1.97. The first-order chi connectivity index (χ1) is 15.8. The molecule has 0 spiro atoms. The summed E-state index contributed by atoms with van der Waals surface area (Å²) in [5.74, 6) is 0.494. The summed E-state index contributed by atoms with van der Waals surface area (Å²) in [4.78, 5) is 30.3.